The number of likely N-dealkylation sites (tertiary alicyclic amines) is 1. The molecular formula is C50H58ClN11O3. The predicted octanol–water partition coefficient (Wildman–Crippen LogP) is 7.95. The number of imide groups is 1. The van der Waals surface area contributed by atoms with E-state index < -0.39 is 0 Å². The van der Waals surface area contributed by atoms with Crippen LogP contribution in [0.15, 0.2) is 67.0 Å². The van der Waals surface area contributed by atoms with Gasteiger partial charge in [-0.2, -0.15) is 0 Å². The van der Waals surface area contributed by atoms with Gasteiger partial charge in [-0.3, -0.25) is 15.0 Å². The van der Waals surface area contributed by atoms with Gasteiger partial charge in [0.05, 0.1) is 34.0 Å². The number of hydrogen-bond acceptors (Lipinski definition) is 11. The summed E-state index contributed by atoms with van der Waals surface area (Å²) in [6.45, 7) is 7.66. The van der Waals surface area contributed by atoms with Crippen LogP contribution in [-0.4, -0.2) is 106 Å². The van der Waals surface area contributed by atoms with Crippen molar-refractivity contribution in [2.45, 2.75) is 94.7 Å². The second-order valence-electron chi connectivity index (χ2n) is 20.2. The molecule has 2 atom stereocenters. The third-order valence-corrected chi connectivity index (χ3v) is 16.5. The molecule has 338 valence electrons. The van der Waals surface area contributed by atoms with Crippen LogP contribution in [0.2, 0.25) is 5.02 Å². The van der Waals surface area contributed by atoms with E-state index in [1.807, 2.05) is 24.4 Å². The van der Waals surface area contributed by atoms with Crippen molar-refractivity contribution in [3.8, 4) is 17.0 Å². The molecule has 7 aliphatic rings. The zero-order valence-electron chi connectivity index (χ0n) is 36.9. The number of phenolic OH excluding ortho intramolecular Hbond substituents is 1. The van der Waals surface area contributed by atoms with Gasteiger partial charge in [0.2, 0.25) is 5.91 Å². The number of urea groups is 1. The Balaban J connectivity index is 0.645. The van der Waals surface area contributed by atoms with E-state index in [0.717, 1.165) is 66.8 Å². The molecule has 3 aromatic heterocycles. The zero-order chi connectivity index (χ0) is 44.0. The van der Waals surface area contributed by atoms with Gasteiger partial charge in [-0.15, -0.1) is 10.2 Å². The minimum atomic E-state index is -0.358. The number of piperidine rings is 2. The second-order valence-corrected chi connectivity index (χ2v) is 20.6. The number of amides is 3. The molecule has 1 spiro atoms. The molecule has 15 heteroatoms. The van der Waals surface area contributed by atoms with Crippen LogP contribution >= 0.6 is 11.6 Å². The lowest BCUT2D eigenvalue weighted by Gasteiger charge is -2.53. The fourth-order valence-electron chi connectivity index (χ4n) is 12.5. The van der Waals surface area contributed by atoms with Crippen LogP contribution in [0.3, 0.4) is 0 Å². The van der Waals surface area contributed by atoms with Crippen molar-refractivity contribution < 1.29 is 14.7 Å². The van der Waals surface area contributed by atoms with Gasteiger partial charge in [0.1, 0.15) is 11.4 Å². The van der Waals surface area contributed by atoms with E-state index in [1.54, 1.807) is 17.0 Å². The molecule has 65 heavy (non-hydrogen) atoms. The molecule has 0 radical (unpaired) electrons. The van der Waals surface area contributed by atoms with Crippen LogP contribution in [0.25, 0.3) is 22.3 Å². The Morgan fingerprint density at radius 1 is 0.815 bits per heavy atom. The maximum Gasteiger partial charge on any atom is 0.328 e. The largest absolute Gasteiger partial charge is 0.507 e. The molecule has 14 nitrogen and oxygen atoms in total. The summed E-state index contributed by atoms with van der Waals surface area (Å²) < 4.78 is 2.46. The lowest BCUT2D eigenvalue weighted by molar-refractivity contribution is -0.120. The molecule has 12 rings (SSSR count). The Morgan fingerprint density at radius 3 is 2.32 bits per heavy atom. The van der Waals surface area contributed by atoms with Crippen molar-refractivity contribution in [3.63, 3.8) is 0 Å². The fourth-order valence-corrected chi connectivity index (χ4v) is 12.7. The Morgan fingerprint density at radius 2 is 1.58 bits per heavy atom. The molecule has 5 aromatic rings. The molecule has 2 bridgehead atoms. The van der Waals surface area contributed by atoms with E-state index in [0.29, 0.717) is 65.4 Å². The van der Waals surface area contributed by atoms with Gasteiger partial charge < -0.3 is 35.0 Å². The molecule has 4 N–H and O–H groups in total. The number of benzene rings is 2. The van der Waals surface area contributed by atoms with E-state index in [-0.39, 0.29) is 17.7 Å². The van der Waals surface area contributed by atoms with Gasteiger partial charge in [-0.25, -0.2) is 9.78 Å². The standard InChI is InChI=1S/C50H58ClN11O3/c51-41-10-9-33(62-34-7-8-35(62)29-59(28-34)44-23-42(55-56-47(44)52)38-3-1-2-4-45(38)63)22-43(41)58-16-11-31(12-17-58)27-57-19-14-50(15-20-57)24-37(25-50)61-30-40(32-5-6-32)39-21-36(26-53-48(39)61)60-18-13-46(64)54-49(60)65/h1-4,9-10,21-23,26,30-32,34-35,37,63H,5-8,11-20,24-25,27-29H2,(H2,52,56)(H,54,64,65). The topological polar surface area (TPSA) is 152 Å². The maximum atomic E-state index is 12.6. The highest BCUT2D eigenvalue weighted by molar-refractivity contribution is 6.33. The number of piperazine rings is 1. The molecule has 3 amide bonds. The molecule has 2 aromatic carbocycles. The van der Waals surface area contributed by atoms with Crippen LogP contribution in [0.4, 0.5) is 33.4 Å². The number of nitrogen functional groups attached to an aromatic ring is 1. The summed E-state index contributed by atoms with van der Waals surface area (Å²) in [4.78, 5) is 41.2. The van der Waals surface area contributed by atoms with Crippen LogP contribution in [0.1, 0.15) is 88.2 Å². The number of rotatable bonds is 9. The molecule has 2 saturated carbocycles. The average Bonchev–Trinajstić information content (AvgIpc) is 4.03. The highest BCUT2D eigenvalue weighted by Gasteiger charge is 2.48. The Kier molecular flexibility index (Phi) is 10.1. The van der Waals surface area contributed by atoms with Crippen molar-refractivity contribution in [2.24, 2.45) is 11.3 Å². The Bertz CT molecular complexity index is 2650. The van der Waals surface area contributed by atoms with Crippen molar-refractivity contribution in [1.29, 1.82) is 0 Å². The number of nitrogens with zero attached hydrogens (tertiary/aromatic N) is 9. The Labute approximate surface area is 384 Å². The summed E-state index contributed by atoms with van der Waals surface area (Å²) in [6, 6.07) is 18.8. The highest BCUT2D eigenvalue weighted by atomic mass is 35.5. The first kappa shape index (κ1) is 40.9. The Hall–Kier alpha value is -5.60. The summed E-state index contributed by atoms with van der Waals surface area (Å²) in [7, 11) is 0. The van der Waals surface area contributed by atoms with Gasteiger partial charge >= 0.3 is 6.03 Å². The van der Waals surface area contributed by atoms with E-state index in [4.69, 9.17) is 22.3 Å². The van der Waals surface area contributed by atoms with Crippen LogP contribution in [0.5, 0.6) is 5.75 Å². The summed E-state index contributed by atoms with van der Waals surface area (Å²) >= 11 is 6.98. The van der Waals surface area contributed by atoms with E-state index in [1.165, 1.54) is 87.6 Å². The van der Waals surface area contributed by atoms with Crippen molar-refractivity contribution in [2.75, 3.05) is 77.7 Å². The number of carbonyl (C=O) groups is 2. The lowest BCUT2D eigenvalue weighted by Crippen LogP contribution is -2.54. The third kappa shape index (κ3) is 7.50. The predicted molar refractivity (Wildman–Crippen MR) is 255 cm³/mol. The van der Waals surface area contributed by atoms with Crippen molar-refractivity contribution in [1.82, 2.24) is 30.0 Å². The number of carbonyl (C=O) groups excluding carboxylic acids is 2. The number of fused-ring (bicyclic) bond motifs is 3. The van der Waals surface area contributed by atoms with Gasteiger partial charge in [-0.05, 0) is 143 Å². The van der Waals surface area contributed by atoms with E-state index >= 15 is 0 Å². The van der Waals surface area contributed by atoms with Crippen LogP contribution in [0, 0.1) is 11.3 Å². The zero-order valence-corrected chi connectivity index (χ0v) is 37.7. The minimum absolute atomic E-state index is 0.179. The van der Waals surface area contributed by atoms with Crippen molar-refractivity contribution >= 4 is 63.1 Å². The van der Waals surface area contributed by atoms with Crippen LogP contribution in [-0.2, 0) is 4.79 Å². The number of halogens is 1. The number of phenols is 1. The lowest BCUT2D eigenvalue weighted by atomic mass is 9.60. The SMILES string of the molecule is Nc1nnc(-c2ccccc2O)cc1N1CC2CCC(C1)N2c1ccc(Cl)c(N2CCC(CN3CCC4(CC3)CC(n3cc(C5CC5)c5cc(N6CCC(=O)NC6=O)cnc53)C4)CC2)c1. The molecule has 7 fully saturated rings. The number of anilines is 5. The molecule has 2 aliphatic carbocycles. The normalized spacial score (nSPS) is 24.0. The molecular weight excluding hydrogens is 838 g/mol. The number of aromatic nitrogens is 4. The average molecular weight is 897 g/mol. The van der Waals surface area contributed by atoms with Gasteiger partial charge in [0.15, 0.2) is 5.82 Å². The number of hydrogen-bond donors (Lipinski definition) is 3. The number of pyridine rings is 1. The smallest absolute Gasteiger partial charge is 0.328 e. The van der Waals surface area contributed by atoms with Gasteiger partial charge in [0, 0.05) is 86.6 Å². The quantitative estimate of drug-likeness (QED) is 0.132. The molecule has 8 heterocycles. The van der Waals surface area contributed by atoms with Gasteiger partial charge in [0.25, 0.3) is 0 Å². The minimum Gasteiger partial charge on any atom is -0.507 e. The van der Waals surface area contributed by atoms with E-state index in [2.05, 4.69) is 70.1 Å². The van der Waals surface area contributed by atoms with E-state index in [9.17, 15) is 14.7 Å². The van der Waals surface area contributed by atoms with Crippen molar-refractivity contribution in [3.05, 3.63) is 77.6 Å². The number of aromatic hydroxyl groups is 1. The number of nitrogens with two attached hydrogens (primary N) is 1. The van der Waals surface area contributed by atoms with Crippen LogP contribution < -0.4 is 30.7 Å². The molecule has 5 saturated heterocycles. The number of para-hydroxylation sites is 1. The third-order valence-electron chi connectivity index (χ3n) is 16.2. The first-order valence-corrected chi connectivity index (χ1v) is 24.4. The molecule has 5 aliphatic heterocycles. The summed E-state index contributed by atoms with van der Waals surface area (Å²) in [6.07, 6.45) is 16.5. The monoisotopic (exact) mass is 895 g/mol. The number of nitrogens with one attached hydrogen (secondary N) is 1. The first-order chi connectivity index (χ1) is 31.6. The second kappa shape index (κ2) is 16.1. The summed E-state index contributed by atoms with van der Waals surface area (Å²) in [5.74, 6) is 1.65. The van der Waals surface area contributed by atoms with Gasteiger partial charge in [-0.1, -0.05) is 23.7 Å². The maximum absolute atomic E-state index is 12.6. The first-order valence-electron chi connectivity index (χ1n) is 24.0. The summed E-state index contributed by atoms with van der Waals surface area (Å²) in [5, 5.41) is 23.6. The summed E-state index contributed by atoms with van der Waals surface area (Å²) in [5.41, 5.74) is 14.6. The highest BCUT2D eigenvalue weighted by Crippen LogP contribution is 2.56. The fraction of sp³-hybridized carbons (Fsp3) is 0.500. The molecule has 2 unspecified atom stereocenters.